The summed E-state index contributed by atoms with van der Waals surface area (Å²) in [5.74, 6) is 0.832. The third kappa shape index (κ3) is 5.65. The van der Waals surface area contributed by atoms with Crippen LogP contribution in [0.4, 0.5) is 0 Å². The molecule has 3 heterocycles. The van der Waals surface area contributed by atoms with Gasteiger partial charge < -0.3 is 4.74 Å². The lowest BCUT2D eigenvalue weighted by Gasteiger charge is -2.26. The molecule has 0 atom stereocenters. The highest BCUT2D eigenvalue weighted by Gasteiger charge is 2.30. The number of fused-ring (bicyclic) bond motifs is 1. The average Bonchev–Trinajstić information content (AvgIpc) is 3.13. The van der Waals surface area contributed by atoms with Crippen molar-refractivity contribution in [3.8, 4) is 0 Å². The van der Waals surface area contributed by atoms with Gasteiger partial charge >= 0.3 is 0 Å². The minimum absolute atomic E-state index is 0. The molecule has 1 saturated heterocycles. The molecule has 30 heavy (non-hydrogen) atoms. The predicted molar refractivity (Wildman–Crippen MR) is 122 cm³/mol. The van der Waals surface area contributed by atoms with Gasteiger partial charge in [0.25, 0.3) is 5.91 Å². The van der Waals surface area contributed by atoms with Crippen molar-refractivity contribution < 1.29 is 9.53 Å². The van der Waals surface area contributed by atoms with E-state index in [2.05, 4.69) is 30.2 Å². The number of rotatable bonds is 6. The zero-order valence-corrected chi connectivity index (χ0v) is 18.4. The Morgan fingerprint density at radius 1 is 1.13 bits per heavy atom. The number of morpholine rings is 1. The van der Waals surface area contributed by atoms with E-state index < -0.39 is 0 Å². The second kappa shape index (κ2) is 10.5. The third-order valence-corrected chi connectivity index (χ3v) is 5.45. The lowest BCUT2D eigenvalue weighted by Crippen LogP contribution is -2.42. The van der Waals surface area contributed by atoms with Gasteiger partial charge in [-0.25, -0.2) is 15.0 Å². The van der Waals surface area contributed by atoms with Gasteiger partial charge in [-0.2, -0.15) is 4.99 Å². The number of carbonyl (C=O) groups is 1. The number of aliphatic imine (C=N–C) groups is 4. The molecule has 0 aliphatic carbocycles. The van der Waals surface area contributed by atoms with Gasteiger partial charge in [0.05, 0.1) is 29.8 Å². The van der Waals surface area contributed by atoms with E-state index in [1.54, 1.807) is 12.1 Å². The number of hydrogen-bond acceptors (Lipinski definition) is 6. The summed E-state index contributed by atoms with van der Waals surface area (Å²) in [5, 5.41) is 3.59. The van der Waals surface area contributed by atoms with Gasteiger partial charge in [0.1, 0.15) is 5.84 Å². The number of amides is 1. The highest BCUT2D eigenvalue weighted by Crippen LogP contribution is 2.23. The van der Waals surface area contributed by atoms with Crippen molar-refractivity contribution in [2.75, 3.05) is 32.8 Å². The average molecular weight is 472 g/mol. The number of ether oxygens (including phenoxy) is 1. The smallest absolute Gasteiger partial charge is 0.280 e. The molecule has 3 aliphatic rings. The summed E-state index contributed by atoms with van der Waals surface area (Å²) in [7, 11) is 0. The number of halogens is 3. The van der Waals surface area contributed by atoms with Crippen LogP contribution in [0.3, 0.4) is 0 Å². The normalized spacial score (nSPS) is 20.1. The van der Waals surface area contributed by atoms with Crippen molar-refractivity contribution in [1.29, 1.82) is 0 Å². The molecule has 1 amide bonds. The van der Waals surface area contributed by atoms with Gasteiger partial charge in [0.2, 0.25) is 5.96 Å². The lowest BCUT2D eigenvalue weighted by molar-refractivity contribution is -0.113. The molecule has 160 valence electrons. The number of nitrogens with one attached hydrogen (secondary N) is 1. The topological polar surface area (TPSA) is 91.0 Å². The Labute approximate surface area is 190 Å². The van der Waals surface area contributed by atoms with Crippen LogP contribution in [0.1, 0.15) is 18.4 Å². The minimum Gasteiger partial charge on any atom is -0.379 e. The van der Waals surface area contributed by atoms with Gasteiger partial charge in [-0.3, -0.25) is 15.0 Å². The van der Waals surface area contributed by atoms with E-state index in [1.165, 1.54) is 0 Å². The number of amidine groups is 2. The predicted octanol–water partition coefficient (Wildman–Crippen LogP) is 2.77. The first-order valence-electron chi connectivity index (χ1n) is 9.43. The van der Waals surface area contributed by atoms with Crippen molar-refractivity contribution in [3.05, 3.63) is 33.8 Å². The first kappa shape index (κ1) is 22.8. The molecule has 0 radical (unpaired) electrons. The van der Waals surface area contributed by atoms with Crippen LogP contribution in [0.5, 0.6) is 0 Å². The highest BCUT2D eigenvalue weighted by atomic mass is 35.5. The van der Waals surface area contributed by atoms with E-state index in [1.807, 2.05) is 6.07 Å². The summed E-state index contributed by atoms with van der Waals surface area (Å²) in [5.41, 5.74) is 1.11. The monoisotopic (exact) mass is 470 g/mol. The van der Waals surface area contributed by atoms with E-state index in [0.717, 1.165) is 44.8 Å². The second-order valence-corrected chi connectivity index (χ2v) is 7.64. The summed E-state index contributed by atoms with van der Waals surface area (Å²) in [4.78, 5) is 32.1. The molecular weight excluding hydrogens is 451 g/mol. The van der Waals surface area contributed by atoms with Crippen LogP contribution in [-0.4, -0.2) is 67.0 Å². The maximum Gasteiger partial charge on any atom is 0.280 e. The summed E-state index contributed by atoms with van der Waals surface area (Å²) in [6.07, 6.45) is 1.62. The number of hydrogen-bond donors (Lipinski definition) is 1. The van der Waals surface area contributed by atoms with Crippen LogP contribution in [0.15, 0.2) is 38.2 Å². The van der Waals surface area contributed by atoms with Gasteiger partial charge in [0.15, 0.2) is 11.5 Å². The Bertz CT molecular complexity index is 938. The molecule has 8 nitrogen and oxygen atoms in total. The van der Waals surface area contributed by atoms with Crippen molar-refractivity contribution in [2.24, 2.45) is 20.0 Å². The molecular formula is C19H21Cl3N6O2. The summed E-state index contributed by atoms with van der Waals surface area (Å²) >= 11 is 11.9. The summed E-state index contributed by atoms with van der Waals surface area (Å²) in [6, 6.07) is 5.27. The Balaban J connectivity index is 0.00000256. The molecule has 1 N–H and O–H groups in total. The van der Waals surface area contributed by atoms with E-state index >= 15 is 0 Å². The molecule has 4 rings (SSSR count). The Morgan fingerprint density at radius 3 is 2.70 bits per heavy atom. The van der Waals surface area contributed by atoms with E-state index in [4.69, 9.17) is 27.9 Å². The number of nitrogens with zero attached hydrogens (tertiary/aromatic N) is 5. The van der Waals surface area contributed by atoms with Crippen LogP contribution in [0.25, 0.3) is 0 Å². The van der Waals surface area contributed by atoms with E-state index in [0.29, 0.717) is 34.7 Å². The molecule has 1 aromatic rings. The van der Waals surface area contributed by atoms with Crippen LogP contribution >= 0.6 is 35.6 Å². The van der Waals surface area contributed by atoms with Crippen LogP contribution in [-0.2, 0) is 16.1 Å². The van der Waals surface area contributed by atoms with E-state index in [9.17, 15) is 4.79 Å². The molecule has 11 heteroatoms. The molecule has 0 aromatic heterocycles. The lowest BCUT2D eigenvalue weighted by atomic mass is 10.2. The number of benzene rings is 1. The molecule has 1 aromatic carbocycles. The van der Waals surface area contributed by atoms with Crippen molar-refractivity contribution >= 4 is 64.9 Å². The highest BCUT2D eigenvalue weighted by molar-refractivity contribution is 6.72. The molecule has 0 unspecified atom stereocenters. The first-order valence-corrected chi connectivity index (χ1v) is 10.2. The zero-order valence-electron chi connectivity index (χ0n) is 16.1. The van der Waals surface area contributed by atoms with Gasteiger partial charge in [0, 0.05) is 19.5 Å². The first-order chi connectivity index (χ1) is 14.1. The molecule has 3 aliphatic heterocycles. The fraction of sp³-hybridized carbons (Fsp3) is 0.421. The number of carbonyl (C=O) groups excluding carboxylic acids is 1. The Hall–Kier alpha value is -1.84. The zero-order chi connectivity index (χ0) is 20.2. The quantitative estimate of drug-likeness (QED) is 0.691. The van der Waals surface area contributed by atoms with Crippen LogP contribution in [0.2, 0.25) is 10.0 Å². The molecule has 0 bridgehead atoms. The van der Waals surface area contributed by atoms with Crippen LogP contribution < -0.4 is 5.32 Å². The molecule has 0 spiro atoms. The van der Waals surface area contributed by atoms with Gasteiger partial charge in [-0.05, 0) is 30.7 Å². The number of guanidine groups is 1. The maximum atomic E-state index is 12.3. The summed E-state index contributed by atoms with van der Waals surface area (Å²) in [6.45, 7) is 4.74. The standard InChI is InChI=1S/C19H20Cl2N6O2.ClH/c20-13-4-3-12(10-14(13)21)11-22-19-25-17-16(18(28)26-19)23-15(24-17)2-1-5-27-6-8-29-9-7-27;/h3-4,10H,1-2,5-9,11H2,(H,22,26,28);1H. The minimum atomic E-state index is -0.338. The summed E-state index contributed by atoms with van der Waals surface area (Å²) < 4.78 is 5.35. The van der Waals surface area contributed by atoms with Gasteiger partial charge in [-0.15, -0.1) is 12.4 Å². The third-order valence-electron chi connectivity index (χ3n) is 4.71. The molecule has 1 fully saturated rings. The van der Waals surface area contributed by atoms with E-state index in [-0.39, 0.29) is 30.0 Å². The second-order valence-electron chi connectivity index (χ2n) is 6.82. The largest absolute Gasteiger partial charge is 0.379 e. The fourth-order valence-electron chi connectivity index (χ4n) is 3.17. The Morgan fingerprint density at radius 2 is 1.93 bits per heavy atom. The van der Waals surface area contributed by atoms with Gasteiger partial charge in [-0.1, -0.05) is 29.3 Å². The fourth-order valence-corrected chi connectivity index (χ4v) is 3.50. The van der Waals surface area contributed by atoms with Crippen molar-refractivity contribution in [1.82, 2.24) is 10.2 Å². The SMILES string of the molecule is Cl.O=C1NC(=NCc2ccc(Cl)c(Cl)c2)N=C2N=C(CCCN3CCOCC3)N=C12. The van der Waals surface area contributed by atoms with Crippen molar-refractivity contribution in [3.63, 3.8) is 0 Å². The maximum absolute atomic E-state index is 12.3. The Kier molecular flexibility index (Phi) is 7.96. The van der Waals surface area contributed by atoms with Crippen LogP contribution in [0, 0.1) is 0 Å². The molecule has 0 saturated carbocycles. The van der Waals surface area contributed by atoms with Crippen molar-refractivity contribution in [2.45, 2.75) is 19.4 Å².